The van der Waals surface area contributed by atoms with E-state index in [1.807, 2.05) is 36.4 Å². The Labute approximate surface area is 256 Å². The lowest BCUT2D eigenvalue weighted by atomic mass is 9.80. The van der Waals surface area contributed by atoms with Crippen LogP contribution < -0.4 is 9.47 Å². The summed E-state index contributed by atoms with van der Waals surface area (Å²) in [5.74, 6) is 4.92. The SMILES string of the molecule is CCN(CC)CCCOc1ccc(-c2cn(-c3ccc(Oc4ccc(Cl)cc4)cc3)c([C@H]3CC[C@H](CC)CC3)n2)cc1. The van der Waals surface area contributed by atoms with E-state index in [0.29, 0.717) is 10.9 Å². The lowest BCUT2D eigenvalue weighted by Crippen LogP contribution is -2.25. The molecule has 0 saturated heterocycles. The second-order valence-electron chi connectivity index (χ2n) is 11.3. The molecule has 42 heavy (non-hydrogen) atoms. The second-order valence-corrected chi connectivity index (χ2v) is 11.7. The average Bonchev–Trinajstić information content (AvgIpc) is 3.48. The van der Waals surface area contributed by atoms with Crippen molar-refractivity contribution < 1.29 is 9.47 Å². The first kappa shape index (κ1) is 30.2. The molecule has 0 atom stereocenters. The predicted octanol–water partition coefficient (Wildman–Crippen LogP) is 9.78. The molecule has 0 bridgehead atoms. The summed E-state index contributed by atoms with van der Waals surface area (Å²) < 4.78 is 14.4. The minimum atomic E-state index is 0.458. The van der Waals surface area contributed by atoms with Gasteiger partial charge in [0.1, 0.15) is 23.1 Å². The highest BCUT2D eigenvalue weighted by molar-refractivity contribution is 6.30. The number of aromatic nitrogens is 2. The molecule has 1 heterocycles. The maximum atomic E-state index is 6.04. The Morgan fingerprint density at radius 2 is 1.43 bits per heavy atom. The highest BCUT2D eigenvalue weighted by Gasteiger charge is 2.26. The molecule has 5 rings (SSSR count). The van der Waals surface area contributed by atoms with Crippen molar-refractivity contribution in [2.45, 2.75) is 65.2 Å². The quantitative estimate of drug-likeness (QED) is 0.146. The van der Waals surface area contributed by atoms with Gasteiger partial charge in [0.05, 0.1) is 12.3 Å². The third kappa shape index (κ3) is 7.76. The Morgan fingerprint density at radius 3 is 2.05 bits per heavy atom. The molecular weight excluding hydrogens is 542 g/mol. The number of halogens is 1. The molecule has 4 aromatic rings. The molecule has 1 aliphatic rings. The largest absolute Gasteiger partial charge is 0.494 e. The molecule has 3 aromatic carbocycles. The Bertz CT molecular complexity index is 1370. The van der Waals surface area contributed by atoms with Gasteiger partial charge in [-0.15, -0.1) is 0 Å². The van der Waals surface area contributed by atoms with Gasteiger partial charge in [-0.1, -0.05) is 38.8 Å². The van der Waals surface area contributed by atoms with Crippen molar-refractivity contribution in [3.05, 3.63) is 89.8 Å². The van der Waals surface area contributed by atoms with E-state index in [4.69, 9.17) is 26.1 Å². The Morgan fingerprint density at radius 1 is 0.810 bits per heavy atom. The summed E-state index contributed by atoms with van der Waals surface area (Å²) in [4.78, 5) is 7.67. The van der Waals surface area contributed by atoms with Gasteiger partial charge in [-0.2, -0.15) is 0 Å². The zero-order valence-corrected chi connectivity index (χ0v) is 26.0. The van der Waals surface area contributed by atoms with Crippen LogP contribution in [0.3, 0.4) is 0 Å². The summed E-state index contributed by atoms with van der Waals surface area (Å²) in [6.45, 7) is 10.7. The van der Waals surface area contributed by atoms with Gasteiger partial charge in [-0.05, 0) is 124 Å². The van der Waals surface area contributed by atoms with Crippen molar-refractivity contribution in [2.75, 3.05) is 26.2 Å². The zero-order valence-electron chi connectivity index (χ0n) is 25.3. The van der Waals surface area contributed by atoms with Crippen LogP contribution in [0.25, 0.3) is 16.9 Å². The number of hydrogen-bond donors (Lipinski definition) is 0. The number of imidazole rings is 1. The zero-order chi connectivity index (χ0) is 29.3. The van der Waals surface area contributed by atoms with Crippen molar-refractivity contribution >= 4 is 11.6 Å². The Kier molecular flexibility index (Phi) is 10.6. The van der Waals surface area contributed by atoms with Crippen molar-refractivity contribution in [3.63, 3.8) is 0 Å². The van der Waals surface area contributed by atoms with Crippen LogP contribution in [0.1, 0.15) is 71.0 Å². The van der Waals surface area contributed by atoms with Crippen LogP contribution in [0, 0.1) is 5.92 Å². The van der Waals surface area contributed by atoms with E-state index in [9.17, 15) is 0 Å². The van der Waals surface area contributed by atoms with Crippen molar-refractivity contribution in [2.24, 2.45) is 5.92 Å². The van der Waals surface area contributed by atoms with Gasteiger partial charge in [-0.25, -0.2) is 4.98 Å². The molecule has 1 fully saturated rings. The fourth-order valence-electron chi connectivity index (χ4n) is 5.91. The third-order valence-corrected chi connectivity index (χ3v) is 8.87. The normalized spacial score (nSPS) is 17.0. The van der Waals surface area contributed by atoms with Gasteiger partial charge in [0, 0.05) is 34.9 Å². The molecule has 0 N–H and O–H groups in total. The van der Waals surface area contributed by atoms with Crippen molar-refractivity contribution in [3.8, 4) is 34.2 Å². The van der Waals surface area contributed by atoms with Gasteiger partial charge in [0.15, 0.2) is 0 Å². The van der Waals surface area contributed by atoms with E-state index in [0.717, 1.165) is 78.6 Å². The van der Waals surface area contributed by atoms with E-state index in [-0.39, 0.29) is 0 Å². The maximum absolute atomic E-state index is 6.04. The number of hydrogen-bond acceptors (Lipinski definition) is 4. The molecule has 0 amide bonds. The highest BCUT2D eigenvalue weighted by atomic mass is 35.5. The first-order chi connectivity index (χ1) is 20.6. The monoisotopic (exact) mass is 585 g/mol. The molecular formula is C36H44ClN3O2. The summed E-state index contributed by atoms with van der Waals surface area (Å²) in [7, 11) is 0. The van der Waals surface area contributed by atoms with Gasteiger partial charge in [-0.3, -0.25) is 0 Å². The molecule has 1 aromatic heterocycles. The van der Waals surface area contributed by atoms with Gasteiger partial charge in [0.25, 0.3) is 0 Å². The summed E-state index contributed by atoms with van der Waals surface area (Å²) in [6.07, 6.45) is 9.41. The lowest BCUT2D eigenvalue weighted by molar-refractivity contribution is 0.249. The van der Waals surface area contributed by atoms with E-state index in [1.54, 1.807) is 0 Å². The van der Waals surface area contributed by atoms with E-state index >= 15 is 0 Å². The van der Waals surface area contributed by atoms with Gasteiger partial charge in [0.2, 0.25) is 0 Å². The Hall–Kier alpha value is -3.28. The molecule has 0 unspecified atom stereocenters. The molecule has 0 aliphatic heterocycles. The average molecular weight is 586 g/mol. The molecule has 6 heteroatoms. The first-order valence-corrected chi connectivity index (χ1v) is 16.0. The van der Waals surface area contributed by atoms with Crippen LogP contribution in [-0.2, 0) is 0 Å². The van der Waals surface area contributed by atoms with E-state index in [1.165, 1.54) is 32.1 Å². The fourth-order valence-corrected chi connectivity index (χ4v) is 6.04. The second kappa shape index (κ2) is 14.8. The first-order valence-electron chi connectivity index (χ1n) is 15.6. The molecule has 1 saturated carbocycles. The van der Waals surface area contributed by atoms with Crippen LogP contribution in [0.5, 0.6) is 17.2 Å². The summed E-state index contributed by atoms with van der Waals surface area (Å²) in [6, 6.07) is 24.1. The van der Waals surface area contributed by atoms with Gasteiger partial charge >= 0.3 is 0 Å². The minimum Gasteiger partial charge on any atom is -0.494 e. The standard InChI is InChI=1S/C36H44ClN3O2/c1-4-27-8-10-29(11-9-27)36-38-35(28-12-18-32(19-13-28)41-25-7-24-39(5-2)6-3)26-40(36)31-16-22-34(23-17-31)42-33-20-14-30(37)15-21-33/h12-23,26-27,29H,4-11,24-25H2,1-3H3/t27-,29-. The summed E-state index contributed by atoms with van der Waals surface area (Å²) in [5, 5.41) is 0.696. The fraction of sp³-hybridized carbons (Fsp3) is 0.417. The minimum absolute atomic E-state index is 0.458. The summed E-state index contributed by atoms with van der Waals surface area (Å²) in [5.41, 5.74) is 3.20. The number of benzene rings is 3. The van der Waals surface area contributed by atoms with Gasteiger partial charge < -0.3 is 18.9 Å². The molecule has 5 nitrogen and oxygen atoms in total. The maximum Gasteiger partial charge on any atom is 0.127 e. The van der Waals surface area contributed by atoms with E-state index < -0.39 is 0 Å². The predicted molar refractivity (Wildman–Crippen MR) is 173 cm³/mol. The van der Waals surface area contributed by atoms with Crippen molar-refractivity contribution in [1.82, 2.24) is 14.5 Å². The van der Waals surface area contributed by atoms with E-state index in [2.05, 4.69) is 72.8 Å². The topological polar surface area (TPSA) is 39.5 Å². The van der Waals surface area contributed by atoms with Crippen LogP contribution in [0.4, 0.5) is 0 Å². The number of rotatable bonds is 13. The highest BCUT2D eigenvalue weighted by Crippen LogP contribution is 2.38. The summed E-state index contributed by atoms with van der Waals surface area (Å²) >= 11 is 6.02. The smallest absolute Gasteiger partial charge is 0.127 e. The molecule has 1 aliphatic carbocycles. The van der Waals surface area contributed by atoms with Crippen LogP contribution in [0.15, 0.2) is 79.0 Å². The third-order valence-electron chi connectivity index (χ3n) is 8.62. The van der Waals surface area contributed by atoms with Crippen LogP contribution in [-0.4, -0.2) is 40.7 Å². The molecule has 222 valence electrons. The van der Waals surface area contributed by atoms with Crippen molar-refractivity contribution in [1.29, 1.82) is 0 Å². The van der Waals surface area contributed by atoms with Crippen LogP contribution >= 0.6 is 11.6 Å². The lowest BCUT2D eigenvalue weighted by Gasteiger charge is -2.27. The Balaban J connectivity index is 1.33. The number of ether oxygens (including phenoxy) is 2. The number of nitrogens with zero attached hydrogens (tertiary/aromatic N) is 3. The molecule has 0 radical (unpaired) electrons. The van der Waals surface area contributed by atoms with Crippen LogP contribution in [0.2, 0.25) is 5.02 Å². The molecule has 0 spiro atoms.